The Morgan fingerprint density at radius 1 is 0.540 bits per heavy atom. The Bertz CT molecular complexity index is 1080. The fourth-order valence-electron chi connectivity index (χ4n) is 8.14. The summed E-state index contributed by atoms with van der Waals surface area (Å²) in [6.07, 6.45) is 56.5. The van der Waals surface area contributed by atoms with Gasteiger partial charge in [-0.05, 0) is 44.9 Å². The Balaban J connectivity index is 4.21. The predicted octanol–water partition coefficient (Wildman–Crippen LogP) is 16.0. The predicted molar refractivity (Wildman–Crippen MR) is 272 cm³/mol. The lowest BCUT2D eigenvalue weighted by Crippen LogP contribution is -2.46. The second kappa shape index (κ2) is 46.1. The summed E-state index contributed by atoms with van der Waals surface area (Å²) in [5, 5.41) is 14.0. The van der Waals surface area contributed by atoms with E-state index in [9.17, 15) is 19.4 Å². The molecule has 3 N–H and O–H groups in total. The molecule has 9 heteroatoms. The fraction of sp³-hybridized carbons (Fsp3) is 0.907. The van der Waals surface area contributed by atoms with Gasteiger partial charge in [0, 0.05) is 6.42 Å². The van der Waals surface area contributed by atoms with E-state index in [4.69, 9.17) is 9.05 Å². The third-order valence-electron chi connectivity index (χ3n) is 12.5. The summed E-state index contributed by atoms with van der Waals surface area (Å²) >= 11 is 0. The van der Waals surface area contributed by atoms with Gasteiger partial charge < -0.3 is 19.8 Å². The monoisotopic (exact) mass is 912 g/mol. The van der Waals surface area contributed by atoms with Crippen molar-refractivity contribution in [2.75, 3.05) is 40.9 Å². The normalized spacial score (nSPS) is 14.2. The number of nitrogens with one attached hydrogen (secondary N) is 1. The third-order valence-corrected chi connectivity index (χ3v) is 13.4. The number of nitrogens with zero attached hydrogens (tertiary/aromatic N) is 1. The average Bonchev–Trinajstić information content (AvgIpc) is 3.24. The first kappa shape index (κ1) is 62.0. The van der Waals surface area contributed by atoms with Gasteiger partial charge in [-0.25, -0.2) is 4.57 Å². The minimum atomic E-state index is -4.32. The lowest BCUT2D eigenvalue weighted by Gasteiger charge is -2.26. The maximum absolute atomic E-state index is 13.0. The summed E-state index contributed by atoms with van der Waals surface area (Å²) in [7, 11) is 1.62. The van der Waals surface area contributed by atoms with Crippen LogP contribution in [-0.4, -0.2) is 73.4 Å². The van der Waals surface area contributed by atoms with Gasteiger partial charge in [0.05, 0.1) is 39.9 Å². The van der Waals surface area contributed by atoms with Crippen LogP contribution in [0, 0.1) is 0 Å². The molecule has 3 atom stereocenters. The molecule has 3 unspecified atom stereocenters. The molecule has 1 amide bonds. The van der Waals surface area contributed by atoms with Crippen molar-refractivity contribution in [3.8, 4) is 0 Å². The Kier molecular flexibility index (Phi) is 45.4. The van der Waals surface area contributed by atoms with Crippen LogP contribution in [0.3, 0.4) is 0 Å². The Hall–Kier alpha value is -1.02. The summed E-state index contributed by atoms with van der Waals surface area (Å²) in [6.45, 7) is 4.90. The first-order valence-electron chi connectivity index (χ1n) is 27.2. The number of allylic oxidation sites excluding steroid dienone is 4. The zero-order chi connectivity index (χ0) is 46.4. The highest BCUT2D eigenvalue weighted by atomic mass is 31.2. The molecule has 0 rings (SSSR count). The number of unbranched alkanes of at least 4 members (excludes halogenated alkanes) is 33. The number of hydrogen-bond acceptors (Lipinski definition) is 5. The average molecular weight is 912 g/mol. The van der Waals surface area contributed by atoms with Crippen molar-refractivity contribution in [1.82, 2.24) is 5.32 Å². The molecule has 374 valence electrons. The van der Waals surface area contributed by atoms with Crippen LogP contribution in [0.15, 0.2) is 24.3 Å². The number of quaternary nitrogens is 1. The number of amides is 1. The van der Waals surface area contributed by atoms with Gasteiger partial charge >= 0.3 is 7.82 Å². The van der Waals surface area contributed by atoms with Crippen LogP contribution in [0.2, 0.25) is 0 Å². The van der Waals surface area contributed by atoms with Gasteiger partial charge in [0.1, 0.15) is 13.2 Å². The first-order chi connectivity index (χ1) is 30.5. The molecule has 0 heterocycles. The number of phosphoric ester groups is 1. The maximum atomic E-state index is 13.0. The van der Waals surface area contributed by atoms with E-state index >= 15 is 0 Å². The van der Waals surface area contributed by atoms with Crippen molar-refractivity contribution in [2.24, 2.45) is 0 Å². The number of likely N-dealkylation sites (N-methyl/N-ethyl adjacent to an activating group) is 1. The van der Waals surface area contributed by atoms with Crippen molar-refractivity contribution >= 4 is 13.7 Å². The van der Waals surface area contributed by atoms with E-state index in [-0.39, 0.29) is 19.1 Å². The second-order valence-electron chi connectivity index (χ2n) is 20.0. The highest BCUT2D eigenvalue weighted by molar-refractivity contribution is 7.47. The van der Waals surface area contributed by atoms with E-state index in [1.54, 1.807) is 0 Å². The zero-order valence-corrected chi connectivity index (χ0v) is 43.5. The number of phosphoric acid groups is 1. The second-order valence-corrected chi connectivity index (χ2v) is 21.4. The van der Waals surface area contributed by atoms with Crippen molar-refractivity contribution < 1.29 is 32.9 Å². The molecular weight excluding hydrogens is 804 g/mol. The molecule has 0 fully saturated rings. The Labute approximate surface area is 392 Å². The number of rotatable bonds is 50. The topological polar surface area (TPSA) is 105 Å². The minimum Gasteiger partial charge on any atom is -0.391 e. The van der Waals surface area contributed by atoms with Crippen LogP contribution >= 0.6 is 7.82 Å². The van der Waals surface area contributed by atoms with Crippen molar-refractivity contribution in [3.05, 3.63) is 24.3 Å². The summed E-state index contributed by atoms with van der Waals surface area (Å²) in [4.78, 5) is 23.3. The molecule has 0 aliphatic carbocycles. The van der Waals surface area contributed by atoms with E-state index in [2.05, 4.69) is 43.5 Å². The minimum absolute atomic E-state index is 0.0740. The van der Waals surface area contributed by atoms with Crippen LogP contribution in [0.1, 0.15) is 264 Å². The molecule has 0 aromatic carbocycles. The number of carbonyl (C=O) groups is 1. The summed E-state index contributed by atoms with van der Waals surface area (Å²) in [6, 6.07) is -0.764. The molecule has 0 aliphatic rings. The van der Waals surface area contributed by atoms with E-state index in [0.717, 1.165) is 51.4 Å². The fourth-order valence-corrected chi connectivity index (χ4v) is 8.87. The molecule has 0 radical (unpaired) electrons. The van der Waals surface area contributed by atoms with Crippen LogP contribution in [-0.2, 0) is 18.4 Å². The Morgan fingerprint density at radius 3 is 1.32 bits per heavy atom. The summed E-state index contributed by atoms with van der Waals surface area (Å²) in [5.74, 6) is -0.149. The largest absolute Gasteiger partial charge is 0.472 e. The highest BCUT2D eigenvalue weighted by Gasteiger charge is 2.28. The molecule has 0 saturated carbocycles. The van der Waals surface area contributed by atoms with Crippen molar-refractivity contribution in [3.63, 3.8) is 0 Å². The smallest absolute Gasteiger partial charge is 0.391 e. The summed E-state index contributed by atoms with van der Waals surface area (Å²) < 4.78 is 23.7. The highest BCUT2D eigenvalue weighted by Crippen LogP contribution is 2.43. The third kappa shape index (κ3) is 48.7. The standard InChI is InChI=1S/C54H107N2O6P/c1-6-8-10-12-14-16-18-20-22-24-26-27-28-29-30-31-33-35-37-39-41-43-45-47-53(57)52(51-62-63(59,60)61-50-49-56(3,4)5)55-54(58)48-46-44-42-40-38-36-34-32-25-23-21-19-17-15-13-11-9-7-2/h17,19,23,25,52-53,57H,6-16,18,20-22,24,26-51H2,1-5H3,(H-,55,58,59,60)/p+1/b19-17-,25-23-. The van der Waals surface area contributed by atoms with E-state index in [0.29, 0.717) is 23.9 Å². The first-order valence-corrected chi connectivity index (χ1v) is 28.7. The van der Waals surface area contributed by atoms with Gasteiger partial charge in [-0.15, -0.1) is 0 Å². The number of aliphatic hydroxyl groups is 1. The van der Waals surface area contributed by atoms with Gasteiger partial charge in [-0.2, -0.15) is 0 Å². The Morgan fingerprint density at radius 2 is 0.905 bits per heavy atom. The molecule has 0 spiro atoms. The van der Waals surface area contributed by atoms with Crippen molar-refractivity contribution in [2.45, 2.75) is 276 Å². The maximum Gasteiger partial charge on any atom is 0.472 e. The number of carbonyl (C=O) groups excluding carboxylic acids is 1. The van der Waals surface area contributed by atoms with Crippen LogP contribution in [0.4, 0.5) is 0 Å². The van der Waals surface area contributed by atoms with Crippen LogP contribution < -0.4 is 5.32 Å². The quantitative estimate of drug-likeness (QED) is 0.0243. The van der Waals surface area contributed by atoms with E-state index < -0.39 is 20.0 Å². The van der Waals surface area contributed by atoms with Gasteiger partial charge in [-0.1, -0.05) is 237 Å². The van der Waals surface area contributed by atoms with E-state index in [1.807, 2.05) is 21.1 Å². The lowest BCUT2D eigenvalue weighted by atomic mass is 10.0. The number of hydrogen-bond donors (Lipinski definition) is 3. The molecule has 63 heavy (non-hydrogen) atoms. The van der Waals surface area contributed by atoms with Crippen LogP contribution in [0.5, 0.6) is 0 Å². The molecule has 0 aromatic heterocycles. The van der Waals surface area contributed by atoms with Crippen molar-refractivity contribution in [1.29, 1.82) is 0 Å². The molecule has 8 nitrogen and oxygen atoms in total. The SMILES string of the molecule is CCCCCC/C=C\C/C=C\CCCCCCCCCC(=O)NC(COP(=O)(O)OCC[N+](C)(C)C)C(O)CCCCCCCCCCCCCCCCCCCCCCCCC. The van der Waals surface area contributed by atoms with Gasteiger partial charge in [0.25, 0.3) is 0 Å². The molecule has 0 aliphatic heterocycles. The summed E-state index contributed by atoms with van der Waals surface area (Å²) in [5.41, 5.74) is 0. The molecule has 0 bridgehead atoms. The number of aliphatic hydroxyl groups excluding tert-OH is 1. The van der Waals surface area contributed by atoms with E-state index in [1.165, 1.54) is 186 Å². The van der Waals surface area contributed by atoms with Gasteiger partial charge in [0.2, 0.25) is 5.91 Å². The van der Waals surface area contributed by atoms with Gasteiger partial charge in [-0.3, -0.25) is 13.8 Å². The van der Waals surface area contributed by atoms with Gasteiger partial charge in [0.15, 0.2) is 0 Å². The zero-order valence-electron chi connectivity index (χ0n) is 42.6. The molecular formula is C54H108N2O6P+. The molecule has 0 aromatic rings. The molecule has 0 saturated heterocycles. The van der Waals surface area contributed by atoms with Crippen LogP contribution in [0.25, 0.3) is 0 Å². The lowest BCUT2D eigenvalue weighted by molar-refractivity contribution is -0.870.